The molecular formula is C41H32N4O. The van der Waals surface area contributed by atoms with Gasteiger partial charge in [0.2, 0.25) is 0 Å². The zero-order valence-electron chi connectivity index (χ0n) is 25.2. The van der Waals surface area contributed by atoms with Crippen LogP contribution in [0, 0.1) is 0 Å². The first-order chi connectivity index (χ1) is 22.7. The number of fused-ring (bicyclic) bond motifs is 4. The maximum Gasteiger partial charge on any atom is 0.149 e. The van der Waals surface area contributed by atoms with Crippen molar-refractivity contribution in [2.75, 3.05) is 17.2 Å². The molecule has 1 unspecified atom stereocenters. The zero-order valence-corrected chi connectivity index (χ0v) is 25.2. The van der Waals surface area contributed by atoms with Gasteiger partial charge in [0.05, 0.1) is 23.1 Å². The summed E-state index contributed by atoms with van der Waals surface area (Å²) in [5.74, 6) is 0.755. The number of allylic oxidation sites excluding steroid dienone is 2. The first-order valence-corrected chi connectivity index (χ1v) is 15.8. The van der Waals surface area contributed by atoms with E-state index in [0.717, 1.165) is 29.0 Å². The highest BCUT2D eigenvalue weighted by molar-refractivity contribution is 6.15. The van der Waals surface area contributed by atoms with Gasteiger partial charge in [0, 0.05) is 35.1 Å². The normalized spacial score (nSPS) is 14.3. The van der Waals surface area contributed by atoms with Gasteiger partial charge in [-0.3, -0.25) is 5.32 Å². The highest BCUT2D eigenvalue weighted by Crippen LogP contribution is 2.51. The van der Waals surface area contributed by atoms with E-state index < -0.39 is 0 Å². The van der Waals surface area contributed by atoms with Gasteiger partial charge in [0.15, 0.2) is 0 Å². The maximum absolute atomic E-state index is 6.65. The van der Waals surface area contributed by atoms with Gasteiger partial charge in [-0.05, 0) is 87.6 Å². The van der Waals surface area contributed by atoms with Crippen LogP contribution in [0.1, 0.15) is 17.4 Å². The molecule has 46 heavy (non-hydrogen) atoms. The van der Waals surface area contributed by atoms with E-state index in [1.165, 1.54) is 55.2 Å². The molecule has 0 aliphatic carbocycles. The molecule has 2 aliphatic rings. The first kappa shape index (κ1) is 26.6. The number of benzene rings is 6. The van der Waals surface area contributed by atoms with Crippen LogP contribution in [0.5, 0.6) is 0 Å². The molecule has 0 spiro atoms. The molecule has 0 bridgehead atoms. The van der Waals surface area contributed by atoms with E-state index in [1.807, 2.05) is 36.5 Å². The third-order valence-corrected chi connectivity index (χ3v) is 9.35. The topological polar surface area (TPSA) is 66.5 Å². The summed E-state index contributed by atoms with van der Waals surface area (Å²) in [4.78, 5) is 2.41. The Kier molecular flexibility index (Phi) is 6.18. The number of nitrogens with one attached hydrogen (secondary N) is 2. The van der Waals surface area contributed by atoms with Gasteiger partial charge in [-0.15, -0.1) is 0 Å². The lowest BCUT2D eigenvalue weighted by atomic mass is 9.89. The van der Waals surface area contributed by atoms with Crippen molar-refractivity contribution in [1.29, 1.82) is 0 Å². The van der Waals surface area contributed by atoms with E-state index in [-0.39, 0.29) is 6.04 Å². The number of dihydropyridines is 1. The maximum atomic E-state index is 6.65. The Morgan fingerprint density at radius 1 is 0.761 bits per heavy atom. The fourth-order valence-corrected chi connectivity index (χ4v) is 7.12. The van der Waals surface area contributed by atoms with E-state index in [0.29, 0.717) is 12.2 Å². The minimum Gasteiger partial charge on any atom is -0.457 e. The molecule has 3 heterocycles. The molecule has 5 nitrogen and oxygen atoms in total. The SMILES string of the molecule is Nc1c(C(NCc2ccc(N3c4cc5ccccc5cc4-c4cccc5cccc3c45)cc2)C2=CC=CNC2)oc2ccccc12. The third kappa shape index (κ3) is 4.28. The van der Waals surface area contributed by atoms with Gasteiger partial charge in [0.25, 0.3) is 0 Å². The number of furan rings is 1. The summed E-state index contributed by atoms with van der Waals surface area (Å²) in [6.45, 7) is 1.38. The van der Waals surface area contributed by atoms with E-state index in [1.54, 1.807) is 0 Å². The van der Waals surface area contributed by atoms with E-state index in [4.69, 9.17) is 10.2 Å². The lowest BCUT2D eigenvalue weighted by Crippen LogP contribution is -2.28. The van der Waals surface area contributed by atoms with Crippen LogP contribution in [0.4, 0.5) is 22.7 Å². The van der Waals surface area contributed by atoms with E-state index >= 15 is 0 Å². The second kappa shape index (κ2) is 10.7. The molecule has 6 aromatic carbocycles. The lowest BCUT2D eigenvalue weighted by molar-refractivity contribution is 0.460. The van der Waals surface area contributed by atoms with Crippen molar-refractivity contribution >= 4 is 55.3 Å². The van der Waals surface area contributed by atoms with Gasteiger partial charge in [-0.1, -0.05) is 84.9 Å². The van der Waals surface area contributed by atoms with E-state index in [2.05, 4.69) is 119 Å². The third-order valence-electron chi connectivity index (χ3n) is 9.35. The summed E-state index contributed by atoms with van der Waals surface area (Å²) in [6.07, 6.45) is 6.13. The molecule has 9 rings (SSSR count). The van der Waals surface area contributed by atoms with Crippen LogP contribution < -0.4 is 21.3 Å². The Balaban J connectivity index is 1.08. The Morgan fingerprint density at radius 2 is 1.52 bits per heavy atom. The fraction of sp³-hybridized carbons (Fsp3) is 0.0732. The van der Waals surface area contributed by atoms with Gasteiger partial charge < -0.3 is 20.4 Å². The van der Waals surface area contributed by atoms with Crippen molar-refractivity contribution < 1.29 is 4.42 Å². The van der Waals surface area contributed by atoms with Crippen molar-refractivity contribution in [3.05, 3.63) is 157 Å². The average Bonchev–Trinajstić information content (AvgIpc) is 3.44. The molecular weight excluding hydrogens is 564 g/mol. The molecule has 4 N–H and O–H groups in total. The summed E-state index contributed by atoms with van der Waals surface area (Å²) in [5.41, 5.74) is 16.6. The number of nitrogens with two attached hydrogens (primary N) is 1. The summed E-state index contributed by atoms with van der Waals surface area (Å²) < 4.78 is 6.33. The molecule has 1 atom stereocenters. The molecule has 5 heteroatoms. The Morgan fingerprint density at radius 3 is 2.33 bits per heavy atom. The first-order valence-electron chi connectivity index (χ1n) is 15.8. The predicted octanol–water partition coefficient (Wildman–Crippen LogP) is 9.65. The summed E-state index contributed by atoms with van der Waals surface area (Å²) in [6, 6.07) is 43.2. The monoisotopic (exact) mass is 596 g/mol. The Bertz CT molecular complexity index is 2340. The minimum absolute atomic E-state index is 0.166. The molecule has 0 amide bonds. The van der Waals surface area contributed by atoms with Crippen LogP contribution in [0.15, 0.2) is 150 Å². The molecule has 0 saturated heterocycles. The van der Waals surface area contributed by atoms with Gasteiger partial charge in [-0.25, -0.2) is 0 Å². The van der Waals surface area contributed by atoms with Crippen molar-refractivity contribution in [1.82, 2.24) is 10.6 Å². The largest absolute Gasteiger partial charge is 0.457 e. The van der Waals surface area contributed by atoms with Crippen molar-refractivity contribution in [2.24, 2.45) is 0 Å². The van der Waals surface area contributed by atoms with Crippen LogP contribution >= 0.6 is 0 Å². The quantitative estimate of drug-likeness (QED) is 0.178. The Hall–Kier alpha value is -5.78. The Labute approximate surface area is 267 Å². The minimum atomic E-state index is -0.166. The summed E-state index contributed by atoms with van der Waals surface area (Å²) >= 11 is 0. The van der Waals surface area contributed by atoms with Crippen LogP contribution in [-0.2, 0) is 6.54 Å². The van der Waals surface area contributed by atoms with Crippen LogP contribution in [0.25, 0.3) is 43.6 Å². The molecule has 222 valence electrons. The van der Waals surface area contributed by atoms with Gasteiger partial charge in [-0.2, -0.15) is 0 Å². The van der Waals surface area contributed by atoms with Crippen LogP contribution in [0.3, 0.4) is 0 Å². The molecule has 0 fully saturated rings. The zero-order chi connectivity index (χ0) is 30.6. The fourth-order valence-electron chi connectivity index (χ4n) is 7.12. The second-order valence-corrected chi connectivity index (χ2v) is 12.1. The second-order valence-electron chi connectivity index (χ2n) is 12.1. The summed E-state index contributed by atoms with van der Waals surface area (Å²) in [5, 5.41) is 13.1. The summed E-state index contributed by atoms with van der Waals surface area (Å²) in [7, 11) is 0. The molecule has 7 aromatic rings. The van der Waals surface area contributed by atoms with Gasteiger partial charge in [0.1, 0.15) is 11.3 Å². The molecule has 2 aliphatic heterocycles. The molecule has 1 aromatic heterocycles. The van der Waals surface area contributed by atoms with E-state index in [9.17, 15) is 0 Å². The smallest absolute Gasteiger partial charge is 0.149 e. The molecule has 0 saturated carbocycles. The van der Waals surface area contributed by atoms with Crippen molar-refractivity contribution in [3.8, 4) is 11.1 Å². The predicted molar refractivity (Wildman–Crippen MR) is 191 cm³/mol. The number of para-hydroxylation sites is 1. The number of nitrogen functional groups attached to an aromatic ring is 1. The van der Waals surface area contributed by atoms with Crippen LogP contribution in [0.2, 0.25) is 0 Å². The van der Waals surface area contributed by atoms with Gasteiger partial charge >= 0.3 is 0 Å². The average molecular weight is 597 g/mol. The number of anilines is 4. The van der Waals surface area contributed by atoms with Crippen molar-refractivity contribution in [2.45, 2.75) is 12.6 Å². The highest BCUT2D eigenvalue weighted by Gasteiger charge is 2.27. The standard InChI is InChI=1S/C41H32N4O/c42-39-33-13-3-4-16-37(33)46-41(39)40(30-12-7-21-43-25-30)44-24-26-17-19-31(20-18-26)45-35-15-6-11-27-10-5-14-32(38(27)35)34-22-28-8-1-2-9-29(28)23-36(34)45/h1-23,40,43-44H,24-25,42H2. The van der Waals surface area contributed by atoms with Crippen LogP contribution in [-0.4, -0.2) is 6.54 Å². The highest BCUT2D eigenvalue weighted by atomic mass is 16.3. The molecule has 0 radical (unpaired) electrons. The number of hydrogen-bond acceptors (Lipinski definition) is 5. The number of nitrogens with zero attached hydrogens (tertiary/aromatic N) is 1. The number of rotatable bonds is 6. The van der Waals surface area contributed by atoms with Crippen molar-refractivity contribution in [3.63, 3.8) is 0 Å². The lowest BCUT2D eigenvalue weighted by Gasteiger charge is -2.34. The number of hydrogen-bond donors (Lipinski definition) is 3.